The molecule has 0 aromatic heterocycles. The summed E-state index contributed by atoms with van der Waals surface area (Å²) >= 11 is 4.30. The first-order chi connectivity index (χ1) is 8.04. The highest BCUT2D eigenvalue weighted by Gasteiger charge is 2.30. The van der Waals surface area contributed by atoms with Gasteiger partial charge in [0.1, 0.15) is 5.75 Å². The van der Waals surface area contributed by atoms with Crippen LogP contribution in [0.2, 0.25) is 0 Å². The Morgan fingerprint density at radius 2 is 2.00 bits per heavy atom. The summed E-state index contributed by atoms with van der Waals surface area (Å²) in [5.74, 6) is 0.650. The van der Waals surface area contributed by atoms with Crippen LogP contribution >= 0.6 is 12.6 Å². The lowest BCUT2D eigenvalue weighted by atomic mass is 10.3. The predicted molar refractivity (Wildman–Crippen MR) is 69.1 cm³/mol. The number of hydrogen-bond acceptors (Lipinski definition) is 4. The Labute approximate surface area is 107 Å². The molecule has 1 aliphatic heterocycles. The molecule has 1 saturated heterocycles. The zero-order chi connectivity index (χ0) is 12.5. The molecule has 0 saturated carbocycles. The standard InChI is InChI=1S/C11H15NO3S2/c1-15-9-2-4-11(5-3-9)17(13,14)12-7-6-10(16)8-12/h2-5,10,16H,6-8H2,1H3. The third-order valence-electron chi connectivity index (χ3n) is 2.82. The second kappa shape index (κ2) is 4.88. The molecular weight excluding hydrogens is 258 g/mol. The monoisotopic (exact) mass is 273 g/mol. The van der Waals surface area contributed by atoms with Crippen molar-refractivity contribution < 1.29 is 13.2 Å². The van der Waals surface area contributed by atoms with Crippen LogP contribution in [0.3, 0.4) is 0 Å². The maximum Gasteiger partial charge on any atom is 0.243 e. The Balaban J connectivity index is 2.25. The van der Waals surface area contributed by atoms with Crippen molar-refractivity contribution in [2.45, 2.75) is 16.6 Å². The van der Waals surface area contributed by atoms with Crippen LogP contribution in [-0.2, 0) is 10.0 Å². The van der Waals surface area contributed by atoms with E-state index < -0.39 is 10.0 Å². The van der Waals surface area contributed by atoms with Crippen molar-refractivity contribution in [3.05, 3.63) is 24.3 Å². The maximum absolute atomic E-state index is 12.2. The van der Waals surface area contributed by atoms with Crippen LogP contribution in [0.15, 0.2) is 29.2 Å². The van der Waals surface area contributed by atoms with Gasteiger partial charge in [0.2, 0.25) is 10.0 Å². The molecule has 1 aromatic carbocycles. The van der Waals surface area contributed by atoms with Gasteiger partial charge in [-0.1, -0.05) is 0 Å². The second-order valence-corrected chi connectivity index (χ2v) is 6.65. The number of rotatable bonds is 3. The summed E-state index contributed by atoms with van der Waals surface area (Å²) in [6.45, 7) is 1.03. The molecule has 94 valence electrons. The predicted octanol–water partition coefficient (Wildman–Crippen LogP) is 1.39. The Morgan fingerprint density at radius 1 is 1.35 bits per heavy atom. The van der Waals surface area contributed by atoms with E-state index in [1.807, 2.05) is 0 Å². The summed E-state index contributed by atoms with van der Waals surface area (Å²) in [6, 6.07) is 6.45. The molecule has 6 heteroatoms. The Hall–Kier alpha value is -0.720. The van der Waals surface area contributed by atoms with Crippen molar-refractivity contribution in [3.8, 4) is 5.75 Å². The van der Waals surface area contributed by atoms with E-state index in [2.05, 4.69) is 12.6 Å². The number of benzene rings is 1. The molecule has 0 N–H and O–H groups in total. The molecule has 1 unspecified atom stereocenters. The third kappa shape index (κ3) is 2.59. The smallest absolute Gasteiger partial charge is 0.243 e. The van der Waals surface area contributed by atoms with Crippen molar-refractivity contribution in [2.24, 2.45) is 0 Å². The van der Waals surface area contributed by atoms with Crippen molar-refractivity contribution in [1.29, 1.82) is 0 Å². The van der Waals surface area contributed by atoms with Gasteiger partial charge in [-0.3, -0.25) is 0 Å². The Morgan fingerprint density at radius 3 is 2.47 bits per heavy atom. The van der Waals surface area contributed by atoms with Crippen LogP contribution in [0.4, 0.5) is 0 Å². The quantitative estimate of drug-likeness (QED) is 0.847. The van der Waals surface area contributed by atoms with Gasteiger partial charge in [0.15, 0.2) is 0 Å². The largest absolute Gasteiger partial charge is 0.497 e. The zero-order valence-corrected chi connectivity index (χ0v) is 11.2. The molecule has 0 bridgehead atoms. The van der Waals surface area contributed by atoms with E-state index in [0.717, 1.165) is 6.42 Å². The van der Waals surface area contributed by atoms with Crippen molar-refractivity contribution in [3.63, 3.8) is 0 Å². The summed E-state index contributed by atoms with van der Waals surface area (Å²) in [7, 11) is -1.82. The molecule has 17 heavy (non-hydrogen) atoms. The molecule has 1 atom stereocenters. The van der Waals surface area contributed by atoms with Crippen LogP contribution in [0.1, 0.15) is 6.42 Å². The molecule has 1 aromatic rings. The van der Waals surface area contributed by atoms with E-state index in [-0.39, 0.29) is 5.25 Å². The number of ether oxygens (including phenoxy) is 1. The number of hydrogen-bond donors (Lipinski definition) is 1. The van der Waals surface area contributed by atoms with E-state index in [0.29, 0.717) is 23.7 Å². The van der Waals surface area contributed by atoms with Crippen LogP contribution < -0.4 is 4.74 Å². The van der Waals surface area contributed by atoms with Crippen molar-refractivity contribution >= 4 is 22.7 Å². The Bertz CT molecular complexity index is 484. The van der Waals surface area contributed by atoms with Gasteiger partial charge < -0.3 is 4.74 Å². The van der Waals surface area contributed by atoms with Crippen LogP contribution in [0, 0.1) is 0 Å². The van der Waals surface area contributed by atoms with Gasteiger partial charge in [0.25, 0.3) is 0 Å². The van der Waals surface area contributed by atoms with Crippen LogP contribution in [-0.4, -0.2) is 38.2 Å². The first-order valence-corrected chi connectivity index (χ1v) is 7.32. The first kappa shape index (κ1) is 12.7. The molecule has 1 heterocycles. The van der Waals surface area contributed by atoms with E-state index in [1.54, 1.807) is 31.4 Å². The van der Waals surface area contributed by atoms with Gasteiger partial charge in [0.05, 0.1) is 12.0 Å². The topological polar surface area (TPSA) is 46.6 Å². The first-order valence-electron chi connectivity index (χ1n) is 5.36. The van der Waals surface area contributed by atoms with Crippen molar-refractivity contribution in [1.82, 2.24) is 4.31 Å². The highest BCUT2D eigenvalue weighted by atomic mass is 32.2. The lowest BCUT2D eigenvalue weighted by molar-refractivity contribution is 0.414. The van der Waals surface area contributed by atoms with Gasteiger partial charge in [-0.2, -0.15) is 16.9 Å². The minimum absolute atomic E-state index is 0.142. The summed E-state index contributed by atoms with van der Waals surface area (Å²) in [4.78, 5) is 0.306. The average molecular weight is 273 g/mol. The highest BCUT2D eigenvalue weighted by molar-refractivity contribution is 7.89. The van der Waals surface area contributed by atoms with Gasteiger partial charge in [-0.15, -0.1) is 0 Å². The molecular formula is C11H15NO3S2. The minimum Gasteiger partial charge on any atom is -0.497 e. The van der Waals surface area contributed by atoms with E-state index in [9.17, 15) is 8.42 Å². The fraction of sp³-hybridized carbons (Fsp3) is 0.455. The van der Waals surface area contributed by atoms with Crippen molar-refractivity contribution in [2.75, 3.05) is 20.2 Å². The molecule has 0 radical (unpaired) electrons. The zero-order valence-electron chi connectivity index (χ0n) is 9.54. The lowest BCUT2D eigenvalue weighted by Gasteiger charge is -2.15. The average Bonchev–Trinajstić information content (AvgIpc) is 2.77. The fourth-order valence-corrected chi connectivity index (χ4v) is 3.75. The maximum atomic E-state index is 12.2. The molecule has 4 nitrogen and oxygen atoms in total. The van der Waals surface area contributed by atoms with Gasteiger partial charge in [0, 0.05) is 18.3 Å². The van der Waals surface area contributed by atoms with E-state index in [1.165, 1.54) is 4.31 Å². The molecule has 0 amide bonds. The molecule has 1 aliphatic rings. The molecule has 0 aliphatic carbocycles. The number of nitrogens with zero attached hydrogens (tertiary/aromatic N) is 1. The summed E-state index contributed by atoms with van der Waals surface area (Å²) < 4.78 is 30.9. The number of thiol groups is 1. The van der Waals surface area contributed by atoms with E-state index >= 15 is 0 Å². The molecule has 2 rings (SSSR count). The summed E-state index contributed by atoms with van der Waals surface area (Å²) in [6.07, 6.45) is 0.804. The fourth-order valence-electron chi connectivity index (χ4n) is 1.83. The third-order valence-corrected chi connectivity index (χ3v) is 5.12. The summed E-state index contributed by atoms with van der Waals surface area (Å²) in [5.41, 5.74) is 0. The minimum atomic E-state index is -3.37. The van der Waals surface area contributed by atoms with Gasteiger partial charge in [-0.25, -0.2) is 8.42 Å². The Kier molecular flexibility index (Phi) is 3.65. The highest BCUT2D eigenvalue weighted by Crippen LogP contribution is 2.24. The van der Waals surface area contributed by atoms with Gasteiger partial charge >= 0.3 is 0 Å². The SMILES string of the molecule is COc1ccc(S(=O)(=O)N2CCC(S)C2)cc1. The van der Waals surface area contributed by atoms with Crippen LogP contribution in [0.5, 0.6) is 5.75 Å². The lowest BCUT2D eigenvalue weighted by Crippen LogP contribution is -2.28. The second-order valence-electron chi connectivity index (χ2n) is 3.98. The number of sulfonamides is 1. The molecule has 1 fully saturated rings. The summed E-state index contributed by atoms with van der Waals surface area (Å²) in [5, 5.41) is 0.142. The van der Waals surface area contributed by atoms with E-state index in [4.69, 9.17) is 4.74 Å². The van der Waals surface area contributed by atoms with Crippen LogP contribution in [0.25, 0.3) is 0 Å². The molecule has 0 spiro atoms. The number of methoxy groups -OCH3 is 1. The van der Waals surface area contributed by atoms with Gasteiger partial charge in [-0.05, 0) is 30.7 Å². The normalized spacial score (nSPS) is 21.6.